The monoisotopic (exact) mass is 289 g/mol. The summed E-state index contributed by atoms with van der Waals surface area (Å²) in [6.07, 6.45) is 1.51. The fourth-order valence-electron chi connectivity index (χ4n) is 1.87. The van der Waals surface area contributed by atoms with Crippen LogP contribution in [-0.2, 0) is 4.79 Å². The predicted molar refractivity (Wildman–Crippen MR) is 72.8 cm³/mol. The van der Waals surface area contributed by atoms with Crippen LogP contribution in [0.3, 0.4) is 0 Å². The smallest absolute Gasteiger partial charge is 0.298 e. The first-order valence-corrected chi connectivity index (χ1v) is 5.94. The molecule has 0 saturated carbocycles. The van der Waals surface area contributed by atoms with Crippen molar-refractivity contribution in [2.24, 2.45) is 0 Å². The zero-order valence-electron chi connectivity index (χ0n) is 10.0. The van der Waals surface area contributed by atoms with E-state index in [1.165, 1.54) is 6.33 Å². The number of nitrogen functional groups attached to an aromatic ring is 1. The van der Waals surface area contributed by atoms with Crippen molar-refractivity contribution in [1.29, 1.82) is 0 Å². The Hall–Kier alpha value is -2.67. The molecule has 0 atom stereocenters. The Labute approximate surface area is 118 Å². The van der Waals surface area contributed by atoms with Crippen LogP contribution >= 0.6 is 11.6 Å². The summed E-state index contributed by atoms with van der Waals surface area (Å²) in [5.74, 6) is 0.410. The maximum absolute atomic E-state index is 10.6. The SMILES string of the molecule is Nc1nc(Cl)c2ncn(-c3ccccc3OC=O)c2n1. The third-order valence-corrected chi connectivity index (χ3v) is 2.93. The number of hydrogen-bond acceptors (Lipinski definition) is 6. The molecule has 100 valence electrons. The zero-order valence-corrected chi connectivity index (χ0v) is 10.8. The third-order valence-electron chi connectivity index (χ3n) is 2.67. The first kappa shape index (κ1) is 12.4. The minimum absolute atomic E-state index is 0.0398. The number of ether oxygens (including phenoxy) is 1. The van der Waals surface area contributed by atoms with Gasteiger partial charge in [0.2, 0.25) is 5.95 Å². The molecule has 1 aromatic carbocycles. The average molecular weight is 290 g/mol. The topological polar surface area (TPSA) is 95.9 Å². The van der Waals surface area contributed by atoms with Gasteiger partial charge in [0.05, 0.1) is 5.69 Å². The lowest BCUT2D eigenvalue weighted by atomic mass is 10.3. The van der Waals surface area contributed by atoms with E-state index in [0.717, 1.165) is 0 Å². The molecule has 3 rings (SSSR count). The Morgan fingerprint density at radius 3 is 2.90 bits per heavy atom. The molecule has 3 aromatic rings. The van der Waals surface area contributed by atoms with E-state index in [1.54, 1.807) is 28.8 Å². The van der Waals surface area contributed by atoms with E-state index in [-0.39, 0.29) is 11.1 Å². The second-order valence-electron chi connectivity index (χ2n) is 3.84. The Kier molecular flexibility index (Phi) is 2.96. The number of hydrogen-bond donors (Lipinski definition) is 1. The van der Waals surface area contributed by atoms with E-state index in [0.29, 0.717) is 29.1 Å². The fraction of sp³-hybridized carbons (Fsp3) is 0. The molecule has 2 aromatic heterocycles. The van der Waals surface area contributed by atoms with Crippen LogP contribution in [0.4, 0.5) is 5.95 Å². The first-order chi connectivity index (χ1) is 9.70. The number of rotatable bonds is 3. The van der Waals surface area contributed by atoms with Crippen LogP contribution in [0.5, 0.6) is 5.75 Å². The minimum Gasteiger partial charge on any atom is -0.427 e. The number of aromatic nitrogens is 4. The predicted octanol–water partition coefficient (Wildman–Crippen LogP) is 1.59. The number of imidazole rings is 1. The van der Waals surface area contributed by atoms with Crippen molar-refractivity contribution in [2.45, 2.75) is 0 Å². The Balaban J connectivity index is 2.28. The van der Waals surface area contributed by atoms with Gasteiger partial charge in [-0.15, -0.1) is 0 Å². The Morgan fingerprint density at radius 2 is 2.10 bits per heavy atom. The minimum atomic E-state index is 0.0398. The average Bonchev–Trinajstić information content (AvgIpc) is 2.83. The van der Waals surface area contributed by atoms with Gasteiger partial charge in [0.1, 0.15) is 11.8 Å². The summed E-state index contributed by atoms with van der Waals surface area (Å²) in [4.78, 5) is 22.6. The van der Waals surface area contributed by atoms with Crippen LogP contribution in [0.25, 0.3) is 16.9 Å². The largest absolute Gasteiger partial charge is 0.427 e. The molecule has 0 radical (unpaired) electrons. The molecule has 0 aliphatic heterocycles. The van der Waals surface area contributed by atoms with Gasteiger partial charge >= 0.3 is 0 Å². The maximum atomic E-state index is 10.6. The summed E-state index contributed by atoms with van der Waals surface area (Å²) in [7, 11) is 0. The molecule has 0 amide bonds. The third kappa shape index (κ3) is 1.94. The molecule has 0 bridgehead atoms. The quantitative estimate of drug-likeness (QED) is 0.581. The van der Waals surface area contributed by atoms with Crippen LogP contribution in [-0.4, -0.2) is 26.0 Å². The van der Waals surface area contributed by atoms with Crippen LogP contribution in [0.2, 0.25) is 5.15 Å². The fourth-order valence-corrected chi connectivity index (χ4v) is 2.09. The molecule has 2 N–H and O–H groups in total. The van der Waals surface area contributed by atoms with Crippen molar-refractivity contribution >= 4 is 35.2 Å². The molecule has 0 saturated heterocycles. The highest BCUT2D eigenvalue weighted by atomic mass is 35.5. The van der Waals surface area contributed by atoms with Crippen LogP contribution in [0, 0.1) is 0 Å². The molecule has 20 heavy (non-hydrogen) atoms. The Morgan fingerprint density at radius 1 is 1.30 bits per heavy atom. The van der Waals surface area contributed by atoms with Gasteiger partial charge < -0.3 is 10.5 Å². The van der Waals surface area contributed by atoms with E-state index < -0.39 is 0 Å². The number of fused-ring (bicyclic) bond motifs is 1. The summed E-state index contributed by atoms with van der Waals surface area (Å²) >= 11 is 5.97. The number of para-hydroxylation sites is 2. The lowest BCUT2D eigenvalue weighted by Crippen LogP contribution is -2.01. The number of halogens is 1. The van der Waals surface area contributed by atoms with E-state index >= 15 is 0 Å². The second-order valence-corrected chi connectivity index (χ2v) is 4.20. The van der Waals surface area contributed by atoms with Gasteiger partial charge in [-0.1, -0.05) is 23.7 Å². The summed E-state index contributed by atoms with van der Waals surface area (Å²) in [6, 6.07) is 6.95. The first-order valence-electron chi connectivity index (χ1n) is 5.56. The van der Waals surface area contributed by atoms with Gasteiger partial charge in [-0.05, 0) is 12.1 Å². The molecule has 0 aliphatic carbocycles. The van der Waals surface area contributed by atoms with Gasteiger partial charge in [-0.2, -0.15) is 9.97 Å². The molecular formula is C12H8ClN5O2. The van der Waals surface area contributed by atoms with Gasteiger partial charge in [0, 0.05) is 0 Å². The highest BCUT2D eigenvalue weighted by Gasteiger charge is 2.14. The van der Waals surface area contributed by atoms with E-state index in [4.69, 9.17) is 22.1 Å². The molecule has 0 aliphatic rings. The van der Waals surface area contributed by atoms with Crippen LogP contribution in [0.15, 0.2) is 30.6 Å². The van der Waals surface area contributed by atoms with Crippen molar-refractivity contribution in [3.05, 3.63) is 35.7 Å². The second kappa shape index (κ2) is 4.78. The molecule has 0 fully saturated rings. The van der Waals surface area contributed by atoms with E-state index in [9.17, 15) is 4.79 Å². The number of carbonyl (C=O) groups is 1. The van der Waals surface area contributed by atoms with Crippen molar-refractivity contribution in [2.75, 3.05) is 5.73 Å². The van der Waals surface area contributed by atoms with Crippen molar-refractivity contribution in [3.63, 3.8) is 0 Å². The Bertz CT molecular complexity index is 802. The number of nitrogens with two attached hydrogens (primary N) is 1. The van der Waals surface area contributed by atoms with Crippen LogP contribution < -0.4 is 10.5 Å². The lowest BCUT2D eigenvalue weighted by molar-refractivity contribution is -0.120. The van der Waals surface area contributed by atoms with Crippen molar-refractivity contribution in [3.8, 4) is 11.4 Å². The maximum Gasteiger partial charge on any atom is 0.298 e. The number of carbonyl (C=O) groups excluding carboxylic acids is 1. The van der Waals surface area contributed by atoms with Crippen molar-refractivity contribution < 1.29 is 9.53 Å². The highest BCUT2D eigenvalue weighted by Crippen LogP contribution is 2.27. The standard InChI is InChI=1S/C12H8ClN5O2/c13-10-9-11(17-12(14)16-10)18(5-15-9)7-3-1-2-4-8(7)20-6-19/h1-6H,(H2,14,16,17). The summed E-state index contributed by atoms with van der Waals surface area (Å²) in [5, 5.41) is 0.167. The van der Waals surface area contributed by atoms with Gasteiger partial charge in [-0.3, -0.25) is 9.36 Å². The number of nitrogens with zero attached hydrogens (tertiary/aromatic N) is 4. The molecule has 2 heterocycles. The summed E-state index contributed by atoms with van der Waals surface area (Å²) < 4.78 is 6.56. The normalized spacial score (nSPS) is 10.7. The molecule has 0 unspecified atom stereocenters. The number of anilines is 1. The molecular weight excluding hydrogens is 282 g/mol. The van der Waals surface area contributed by atoms with Crippen LogP contribution in [0.1, 0.15) is 0 Å². The lowest BCUT2D eigenvalue weighted by Gasteiger charge is -2.08. The molecule has 7 nitrogen and oxygen atoms in total. The van der Waals surface area contributed by atoms with Gasteiger partial charge in [0.25, 0.3) is 6.47 Å². The summed E-state index contributed by atoms with van der Waals surface area (Å²) in [5.41, 5.74) is 7.04. The van der Waals surface area contributed by atoms with E-state index in [1.807, 2.05) is 0 Å². The number of benzene rings is 1. The molecule has 8 heteroatoms. The highest BCUT2D eigenvalue weighted by molar-refractivity contribution is 6.33. The van der Waals surface area contributed by atoms with E-state index in [2.05, 4.69) is 15.0 Å². The zero-order chi connectivity index (χ0) is 14.1. The van der Waals surface area contributed by atoms with Gasteiger partial charge in [0.15, 0.2) is 16.5 Å². The van der Waals surface area contributed by atoms with Gasteiger partial charge in [-0.25, -0.2) is 4.98 Å². The van der Waals surface area contributed by atoms with Crippen molar-refractivity contribution in [1.82, 2.24) is 19.5 Å². The molecule has 0 spiro atoms. The summed E-state index contributed by atoms with van der Waals surface area (Å²) in [6.45, 7) is 0.355.